The predicted molar refractivity (Wildman–Crippen MR) is 106 cm³/mol. The Morgan fingerprint density at radius 3 is 2.46 bits per heavy atom. The van der Waals surface area contributed by atoms with Gasteiger partial charge in [-0.3, -0.25) is 9.59 Å². The number of carbonyl (C=O) groups is 2. The second-order valence-electron chi connectivity index (χ2n) is 7.63. The van der Waals surface area contributed by atoms with Gasteiger partial charge in [0.1, 0.15) is 12.4 Å². The maximum Gasteiger partial charge on any atom is 0.307 e. The number of hydrogen-bond donors (Lipinski definition) is 1. The Hall–Kier alpha value is -2.53. The summed E-state index contributed by atoms with van der Waals surface area (Å²) in [5.41, 5.74) is 1.29. The molecule has 0 radical (unpaired) electrons. The number of likely N-dealkylation sites (tertiary alicyclic amines) is 1. The third-order valence-electron chi connectivity index (χ3n) is 5.99. The molecule has 1 aliphatic heterocycles. The first-order valence-electron chi connectivity index (χ1n) is 9.47. The molecule has 2 fully saturated rings. The summed E-state index contributed by atoms with van der Waals surface area (Å²) in [5, 5.41) is 9.86. The Labute approximate surface area is 168 Å². The van der Waals surface area contributed by atoms with Gasteiger partial charge in [0.15, 0.2) is 0 Å². The molecular weight excluding hydrogens is 378 g/mol. The Kier molecular flexibility index (Phi) is 5.02. The van der Waals surface area contributed by atoms with Gasteiger partial charge in [-0.05, 0) is 42.9 Å². The first-order valence-corrected chi connectivity index (χ1v) is 9.85. The molecule has 1 spiro atoms. The fourth-order valence-corrected chi connectivity index (χ4v) is 4.31. The van der Waals surface area contributed by atoms with Crippen molar-refractivity contribution in [3.8, 4) is 5.75 Å². The molecule has 0 bridgehead atoms. The summed E-state index contributed by atoms with van der Waals surface area (Å²) in [6, 6.07) is 14.7. The summed E-state index contributed by atoms with van der Waals surface area (Å²) in [6.07, 6.45) is 2.23. The van der Waals surface area contributed by atoms with Crippen molar-refractivity contribution in [2.75, 3.05) is 13.1 Å². The van der Waals surface area contributed by atoms with Crippen LogP contribution in [0, 0.1) is 11.3 Å². The van der Waals surface area contributed by atoms with E-state index in [9.17, 15) is 14.7 Å². The van der Waals surface area contributed by atoms with Crippen LogP contribution in [-0.2, 0) is 11.4 Å². The molecule has 1 N–H and O–H groups in total. The van der Waals surface area contributed by atoms with E-state index in [4.69, 9.17) is 16.3 Å². The van der Waals surface area contributed by atoms with E-state index in [1.165, 1.54) is 0 Å². The zero-order valence-corrected chi connectivity index (χ0v) is 16.2. The van der Waals surface area contributed by atoms with Crippen LogP contribution in [0.3, 0.4) is 0 Å². The van der Waals surface area contributed by atoms with Crippen molar-refractivity contribution in [1.82, 2.24) is 4.90 Å². The maximum absolute atomic E-state index is 13.0. The SMILES string of the molecule is O=C(O)C1CC12CCN(C(=O)c1ccccc1OCc1ccccc1Cl)CC2. The molecule has 4 rings (SSSR count). The van der Waals surface area contributed by atoms with Gasteiger partial charge >= 0.3 is 5.97 Å². The van der Waals surface area contributed by atoms with Crippen LogP contribution in [0.1, 0.15) is 35.2 Å². The zero-order valence-electron chi connectivity index (χ0n) is 15.4. The number of rotatable bonds is 5. The molecule has 1 atom stereocenters. The molecule has 1 saturated heterocycles. The van der Waals surface area contributed by atoms with Gasteiger partial charge in [-0.2, -0.15) is 0 Å². The Morgan fingerprint density at radius 1 is 1.11 bits per heavy atom. The molecule has 1 saturated carbocycles. The van der Waals surface area contributed by atoms with Gasteiger partial charge in [-0.1, -0.05) is 41.9 Å². The van der Waals surface area contributed by atoms with Gasteiger partial charge in [0.25, 0.3) is 5.91 Å². The van der Waals surface area contributed by atoms with Crippen molar-refractivity contribution in [2.24, 2.45) is 11.3 Å². The number of para-hydroxylation sites is 1. The molecule has 28 heavy (non-hydrogen) atoms. The molecule has 1 unspecified atom stereocenters. The van der Waals surface area contributed by atoms with Crippen molar-refractivity contribution >= 4 is 23.5 Å². The van der Waals surface area contributed by atoms with E-state index in [2.05, 4.69) is 0 Å². The minimum Gasteiger partial charge on any atom is -0.488 e. The average Bonchev–Trinajstić information content (AvgIpc) is 3.41. The van der Waals surface area contributed by atoms with E-state index < -0.39 is 5.97 Å². The summed E-state index contributed by atoms with van der Waals surface area (Å²) < 4.78 is 5.91. The Morgan fingerprint density at radius 2 is 1.79 bits per heavy atom. The van der Waals surface area contributed by atoms with Crippen molar-refractivity contribution in [3.63, 3.8) is 0 Å². The molecule has 2 aromatic rings. The summed E-state index contributed by atoms with van der Waals surface area (Å²) in [5.74, 6) is -0.492. The van der Waals surface area contributed by atoms with Crippen molar-refractivity contribution in [2.45, 2.75) is 25.9 Å². The smallest absolute Gasteiger partial charge is 0.307 e. The van der Waals surface area contributed by atoms with Gasteiger partial charge in [-0.15, -0.1) is 0 Å². The highest BCUT2D eigenvalue weighted by Gasteiger charge is 2.59. The van der Waals surface area contributed by atoms with Crippen LogP contribution < -0.4 is 4.74 Å². The quantitative estimate of drug-likeness (QED) is 0.816. The van der Waals surface area contributed by atoms with E-state index >= 15 is 0 Å². The lowest BCUT2D eigenvalue weighted by Gasteiger charge is -2.33. The zero-order chi connectivity index (χ0) is 19.7. The maximum atomic E-state index is 13.0. The van der Waals surface area contributed by atoms with Crippen molar-refractivity contribution in [3.05, 3.63) is 64.7 Å². The Balaban J connectivity index is 1.43. The predicted octanol–water partition coefficient (Wildman–Crippen LogP) is 4.25. The highest BCUT2D eigenvalue weighted by atomic mass is 35.5. The molecule has 2 aromatic carbocycles. The van der Waals surface area contributed by atoms with Gasteiger partial charge in [-0.25, -0.2) is 0 Å². The molecule has 1 aliphatic carbocycles. The summed E-state index contributed by atoms with van der Waals surface area (Å²) in [4.78, 5) is 26.1. The van der Waals surface area contributed by atoms with Crippen LogP contribution >= 0.6 is 11.6 Å². The fourth-order valence-electron chi connectivity index (χ4n) is 4.12. The molecule has 2 aliphatic rings. The number of nitrogens with zero attached hydrogens (tertiary/aromatic N) is 1. The van der Waals surface area contributed by atoms with Gasteiger partial charge in [0.2, 0.25) is 0 Å². The van der Waals surface area contributed by atoms with E-state index in [0.717, 1.165) is 24.8 Å². The van der Waals surface area contributed by atoms with Gasteiger partial charge in [0.05, 0.1) is 11.5 Å². The van der Waals surface area contributed by atoms with E-state index in [-0.39, 0.29) is 23.8 Å². The van der Waals surface area contributed by atoms with Crippen LogP contribution in [0.15, 0.2) is 48.5 Å². The first kappa shape index (κ1) is 18.8. The number of piperidine rings is 1. The topological polar surface area (TPSA) is 66.8 Å². The largest absolute Gasteiger partial charge is 0.488 e. The molecule has 146 valence electrons. The lowest BCUT2D eigenvalue weighted by Crippen LogP contribution is -2.40. The summed E-state index contributed by atoms with van der Waals surface area (Å²) in [7, 11) is 0. The normalized spacial score (nSPS) is 20.0. The van der Waals surface area contributed by atoms with Crippen LogP contribution in [0.2, 0.25) is 5.02 Å². The average molecular weight is 400 g/mol. The van der Waals surface area contributed by atoms with Crippen molar-refractivity contribution < 1.29 is 19.4 Å². The van der Waals surface area contributed by atoms with Gasteiger partial charge in [0, 0.05) is 23.7 Å². The van der Waals surface area contributed by atoms with Crippen LogP contribution in [0.4, 0.5) is 0 Å². The highest BCUT2D eigenvalue weighted by Crippen LogP contribution is 2.59. The highest BCUT2D eigenvalue weighted by molar-refractivity contribution is 6.31. The number of hydrogen-bond acceptors (Lipinski definition) is 3. The standard InChI is InChI=1S/C22H22ClNO4/c23-18-7-3-1-5-15(18)14-28-19-8-4-2-6-16(19)20(25)24-11-9-22(10-12-24)13-17(22)21(26)27/h1-8,17H,9-14H2,(H,26,27). The number of amides is 1. The van der Waals surface area contributed by atoms with E-state index in [0.29, 0.717) is 29.4 Å². The first-order chi connectivity index (χ1) is 13.5. The number of halogens is 1. The van der Waals surface area contributed by atoms with Crippen LogP contribution in [0.5, 0.6) is 5.75 Å². The second-order valence-corrected chi connectivity index (χ2v) is 8.03. The molecule has 1 heterocycles. The lowest BCUT2D eigenvalue weighted by atomic mass is 9.90. The fraction of sp³-hybridized carbons (Fsp3) is 0.364. The summed E-state index contributed by atoms with van der Waals surface area (Å²) in [6.45, 7) is 1.45. The molecule has 6 heteroatoms. The molecular formula is C22H22ClNO4. The Bertz CT molecular complexity index is 905. The van der Waals surface area contributed by atoms with Crippen LogP contribution in [0.25, 0.3) is 0 Å². The minimum atomic E-state index is -0.710. The van der Waals surface area contributed by atoms with Gasteiger partial charge < -0.3 is 14.7 Å². The number of carboxylic acids is 1. The number of ether oxygens (including phenoxy) is 1. The van der Waals surface area contributed by atoms with E-state index in [1.807, 2.05) is 36.4 Å². The third kappa shape index (κ3) is 3.59. The van der Waals surface area contributed by atoms with Crippen LogP contribution in [-0.4, -0.2) is 35.0 Å². The number of carboxylic acid groups (broad SMARTS) is 1. The number of carbonyl (C=O) groups excluding carboxylic acids is 1. The summed E-state index contributed by atoms with van der Waals surface area (Å²) >= 11 is 6.18. The number of aliphatic carboxylic acids is 1. The monoisotopic (exact) mass is 399 g/mol. The second kappa shape index (κ2) is 7.47. The van der Waals surface area contributed by atoms with Crippen molar-refractivity contribution in [1.29, 1.82) is 0 Å². The molecule has 5 nitrogen and oxygen atoms in total. The minimum absolute atomic E-state index is 0.0721. The third-order valence-corrected chi connectivity index (χ3v) is 6.36. The molecule has 0 aromatic heterocycles. The van der Waals surface area contributed by atoms with E-state index in [1.54, 1.807) is 17.0 Å². The lowest BCUT2D eigenvalue weighted by molar-refractivity contribution is -0.139. The molecule has 1 amide bonds. The number of benzene rings is 2.